The van der Waals surface area contributed by atoms with Gasteiger partial charge in [0, 0.05) is 25.9 Å². The maximum absolute atomic E-state index is 12.1. The van der Waals surface area contributed by atoms with Gasteiger partial charge in [0.25, 0.3) is 5.54 Å². The maximum atomic E-state index is 12.1. The Bertz CT molecular complexity index is 579. The van der Waals surface area contributed by atoms with Crippen molar-refractivity contribution in [2.45, 2.75) is 51.4 Å². The molecule has 0 spiro atoms. The van der Waals surface area contributed by atoms with Crippen LogP contribution in [0.2, 0.25) is 0 Å². The lowest BCUT2D eigenvalue weighted by atomic mass is 9.89. The van der Waals surface area contributed by atoms with Gasteiger partial charge < -0.3 is 19.2 Å². The fourth-order valence-corrected chi connectivity index (χ4v) is 2.65. The van der Waals surface area contributed by atoms with Gasteiger partial charge in [-0.25, -0.2) is 11.4 Å². The van der Waals surface area contributed by atoms with Gasteiger partial charge in [-0.1, -0.05) is 30.3 Å². The summed E-state index contributed by atoms with van der Waals surface area (Å²) in [7, 11) is 0. The molecule has 1 aliphatic rings. The predicted molar refractivity (Wildman–Crippen MR) is 92.5 cm³/mol. The van der Waals surface area contributed by atoms with Crippen LogP contribution in [0.25, 0.3) is 4.85 Å². The van der Waals surface area contributed by atoms with E-state index in [4.69, 9.17) is 16.0 Å². The third-order valence-corrected chi connectivity index (χ3v) is 4.07. The Morgan fingerprint density at radius 2 is 1.88 bits per heavy atom. The molecule has 1 amide bonds. The van der Waals surface area contributed by atoms with Crippen LogP contribution in [0.4, 0.5) is 4.79 Å². The summed E-state index contributed by atoms with van der Waals surface area (Å²) in [5, 5.41) is 0. The SMILES string of the molecule is [C-]#[N+]C1(COCc2ccccc2)CCN(C(=O)OC(C)(C)C)CC1. The number of carbonyl (C=O) groups excluding carboxylic acids is 1. The molecule has 0 N–H and O–H groups in total. The summed E-state index contributed by atoms with van der Waals surface area (Å²) in [5.74, 6) is 0. The van der Waals surface area contributed by atoms with Gasteiger partial charge in [0.05, 0.1) is 6.61 Å². The summed E-state index contributed by atoms with van der Waals surface area (Å²) in [4.78, 5) is 17.6. The maximum Gasteiger partial charge on any atom is 0.410 e. The van der Waals surface area contributed by atoms with Crippen molar-refractivity contribution in [2.75, 3.05) is 19.7 Å². The molecule has 1 fully saturated rings. The van der Waals surface area contributed by atoms with Crippen LogP contribution < -0.4 is 0 Å². The zero-order valence-electron chi connectivity index (χ0n) is 14.7. The van der Waals surface area contributed by atoms with Crippen molar-refractivity contribution >= 4 is 6.09 Å². The lowest BCUT2D eigenvalue weighted by Gasteiger charge is -2.34. The van der Waals surface area contributed by atoms with Crippen LogP contribution in [0.5, 0.6) is 0 Å². The number of hydrogen-bond donors (Lipinski definition) is 0. The number of amides is 1. The molecule has 1 heterocycles. The van der Waals surface area contributed by atoms with Crippen molar-refractivity contribution in [1.29, 1.82) is 0 Å². The average Bonchev–Trinajstić information content (AvgIpc) is 2.55. The Morgan fingerprint density at radius 3 is 2.42 bits per heavy atom. The van der Waals surface area contributed by atoms with Crippen LogP contribution in [-0.4, -0.2) is 41.8 Å². The molecule has 130 valence electrons. The van der Waals surface area contributed by atoms with Gasteiger partial charge in [0.15, 0.2) is 0 Å². The average molecular weight is 330 g/mol. The van der Waals surface area contributed by atoms with Gasteiger partial charge in [-0.3, -0.25) is 0 Å². The number of likely N-dealkylation sites (tertiary alicyclic amines) is 1. The van der Waals surface area contributed by atoms with Gasteiger partial charge in [0.2, 0.25) is 0 Å². The number of piperidine rings is 1. The van der Waals surface area contributed by atoms with Gasteiger partial charge in [-0.05, 0) is 26.3 Å². The first-order chi connectivity index (χ1) is 11.3. The molecule has 1 aromatic rings. The van der Waals surface area contributed by atoms with Crippen molar-refractivity contribution in [3.05, 3.63) is 47.3 Å². The van der Waals surface area contributed by atoms with Crippen LogP contribution in [0, 0.1) is 6.57 Å². The molecule has 5 nitrogen and oxygen atoms in total. The normalized spacial score (nSPS) is 17.2. The van der Waals surface area contributed by atoms with E-state index in [1.807, 2.05) is 51.1 Å². The smallest absolute Gasteiger partial charge is 0.410 e. The van der Waals surface area contributed by atoms with E-state index < -0.39 is 11.1 Å². The highest BCUT2D eigenvalue weighted by molar-refractivity contribution is 5.68. The molecule has 0 radical (unpaired) electrons. The second-order valence-electron chi connectivity index (χ2n) is 7.28. The third kappa shape index (κ3) is 5.24. The van der Waals surface area contributed by atoms with E-state index in [2.05, 4.69) is 4.85 Å². The number of hydrogen-bond acceptors (Lipinski definition) is 3. The lowest BCUT2D eigenvalue weighted by Crippen LogP contribution is -2.48. The standard InChI is InChI=1S/C19H26N2O3/c1-18(2,3)24-17(22)21-12-10-19(20-4,11-13-21)15-23-14-16-8-6-5-7-9-16/h5-9H,10-15H2,1-3H3. The quantitative estimate of drug-likeness (QED) is 0.787. The van der Waals surface area contributed by atoms with Crippen molar-refractivity contribution < 1.29 is 14.3 Å². The van der Waals surface area contributed by atoms with Crippen molar-refractivity contribution in [2.24, 2.45) is 0 Å². The highest BCUT2D eigenvalue weighted by Gasteiger charge is 2.42. The molecule has 0 unspecified atom stereocenters. The minimum atomic E-state index is -0.534. The Morgan fingerprint density at radius 1 is 1.25 bits per heavy atom. The van der Waals surface area contributed by atoms with E-state index in [0.717, 1.165) is 5.56 Å². The molecule has 0 atom stereocenters. The highest BCUT2D eigenvalue weighted by atomic mass is 16.6. The summed E-state index contributed by atoms with van der Waals surface area (Å²) >= 11 is 0. The molecule has 0 bridgehead atoms. The topological polar surface area (TPSA) is 43.1 Å². The van der Waals surface area contributed by atoms with Gasteiger partial charge in [0.1, 0.15) is 12.2 Å². The molecule has 2 rings (SSSR count). The minimum Gasteiger partial charge on any atom is -0.444 e. The van der Waals surface area contributed by atoms with Crippen LogP contribution in [0.15, 0.2) is 30.3 Å². The summed E-state index contributed by atoms with van der Waals surface area (Å²) in [6.45, 7) is 15.1. The second kappa shape index (κ2) is 7.67. The zero-order chi connectivity index (χ0) is 17.6. The minimum absolute atomic E-state index is 0.300. The van der Waals surface area contributed by atoms with Gasteiger partial charge in [-0.15, -0.1) is 0 Å². The molecule has 5 heteroatoms. The zero-order valence-corrected chi connectivity index (χ0v) is 14.7. The Balaban J connectivity index is 1.83. The first-order valence-corrected chi connectivity index (χ1v) is 8.32. The highest BCUT2D eigenvalue weighted by Crippen LogP contribution is 2.28. The van der Waals surface area contributed by atoms with Crippen LogP contribution in [-0.2, 0) is 16.1 Å². The van der Waals surface area contributed by atoms with Crippen LogP contribution >= 0.6 is 0 Å². The Labute approximate surface area is 144 Å². The third-order valence-electron chi connectivity index (χ3n) is 4.07. The number of benzene rings is 1. The Kier molecular flexibility index (Phi) is 5.84. The molecule has 1 aliphatic heterocycles. The summed E-state index contributed by atoms with van der Waals surface area (Å²) in [5.41, 5.74) is 0.0705. The van der Waals surface area contributed by atoms with E-state index in [-0.39, 0.29) is 6.09 Å². The largest absolute Gasteiger partial charge is 0.444 e. The fourth-order valence-electron chi connectivity index (χ4n) is 2.65. The van der Waals surface area contributed by atoms with E-state index in [1.54, 1.807) is 4.90 Å². The second-order valence-corrected chi connectivity index (χ2v) is 7.28. The molecular formula is C19H26N2O3. The van der Waals surface area contributed by atoms with Crippen LogP contribution in [0.3, 0.4) is 0 Å². The number of nitrogens with zero attached hydrogens (tertiary/aromatic N) is 2. The van der Waals surface area contributed by atoms with Gasteiger partial charge >= 0.3 is 6.09 Å². The first kappa shape index (κ1) is 18.3. The van der Waals surface area contributed by atoms with E-state index >= 15 is 0 Å². The lowest BCUT2D eigenvalue weighted by molar-refractivity contribution is 0.0103. The number of rotatable bonds is 4. The molecule has 1 aromatic carbocycles. The van der Waals surface area contributed by atoms with Crippen LogP contribution in [0.1, 0.15) is 39.2 Å². The van der Waals surface area contributed by atoms with E-state index in [9.17, 15) is 4.79 Å². The molecular weight excluding hydrogens is 304 g/mol. The number of carbonyl (C=O) groups is 1. The monoisotopic (exact) mass is 330 g/mol. The number of ether oxygens (including phenoxy) is 2. The Hall–Kier alpha value is -2.06. The summed E-state index contributed by atoms with van der Waals surface area (Å²) in [6.07, 6.45) is 0.931. The molecule has 0 saturated carbocycles. The predicted octanol–water partition coefficient (Wildman–Crippen LogP) is 3.89. The van der Waals surface area contributed by atoms with E-state index in [1.165, 1.54) is 0 Å². The molecule has 24 heavy (non-hydrogen) atoms. The molecule has 1 saturated heterocycles. The first-order valence-electron chi connectivity index (χ1n) is 8.32. The molecule has 0 aromatic heterocycles. The summed E-state index contributed by atoms with van der Waals surface area (Å²) in [6, 6.07) is 9.94. The molecule has 0 aliphatic carbocycles. The van der Waals surface area contributed by atoms with Crippen molar-refractivity contribution in [3.8, 4) is 0 Å². The van der Waals surface area contributed by atoms with Crippen molar-refractivity contribution in [1.82, 2.24) is 4.90 Å². The summed E-state index contributed by atoms with van der Waals surface area (Å²) < 4.78 is 11.2. The van der Waals surface area contributed by atoms with Gasteiger partial charge in [-0.2, -0.15) is 0 Å². The fraction of sp³-hybridized carbons (Fsp3) is 0.579. The van der Waals surface area contributed by atoms with E-state index in [0.29, 0.717) is 39.1 Å². The van der Waals surface area contributed by atoms with Crippen molar-refractivity contribution in [3.63, 3.8) is 0 Å².